The van der Waals surface area contributed by atoms with Crippen molar-refractivity contribution < 1.29 is 9.59 Å². The van der Waals surface area contributed by atoms with Crippen LogP contribution in [-0.4, -0.2) is 30.4 Å². The number of nitrogens with two attached hydrogens (primary N) is 1. The monoisotopic (exact) mass is 305 g/mol. The molecule has 1 rings (SSSR count). The van der Waals surface area contributed by atoms with Gasteiger partial charge in [-0.2, -0.15) is 0 Å². The largest absolute Gasteiger partial charge is 0.368 e. The lowest BCUT2D eigenvalue weighted by Crippen LogP contribution is -2.56. The van der Waals surface area contributed by atoms with Crippen LogP contribution in [0.15, 0.2) is 0 Å². The second kappa shape index (κ2) is 9.19. The van der Waals surface area contributed by atoms with Gasteiger partial charge in [-0.25, -0.2) is 0 Å². The van der Waals surface area contributed by atoms with Gasteiger partial charge >= 0.3 is 0 Å². The third-order valence-corrected chi connectivity index (χ3v) is 4.30. The number of hydrogen-bond acceptors (Lipinski definition) is 3. The van der Waals surface area contributed by atoms with Crippen molar-refractivity contribution in [1.29, 1.82) is 0 Å². The van der Waals surface area contributed by atoms with Crippen LogP contribution in [0, 0.1) is 5.92 Å². The Morgan fingerprint density at radius 3 is 2.25 bits per heavy atom. The van der Waals surface area contributed by atoms with Crippen LogP contribution in [0.25, 0.3) is 0 Å². The number of hydrogen-bond donors (Lipinski definition) is 3. The van der Waals surface area contributed by atoms with Crippen LogP contribution in [-0.2, 0) is 9.59 Å². The summed E-state index contributed by atoms with van der Waals surface area (Å²) in [5.74, 6) is 0.131. The van der Waals surface area contributed by atoms with Crippen molar-refractivity contribution in [2.75, 3.05) is 13.1 Å². The Kier molecular flexibility index (Phi) is 8.81. The van der Waals surface area contributed by atoms with E-state index in [9.17, 15) is 9.59 Å². The molecule has 20 heavy (non-hydrogen) atoms. The molecule has 0 saturated carbocycles. The van der Waals surface area contributed by atoms with Gasteiger partial charge in [-0.15, -0.1) is 12.4 Å². The van der Waals surface area contributed by atoms with E-state index in [-0.39, 0.29) is 18.3 Å². The SMILES string of the molecule is CCC(CC)(NC(=O)CCC1CCNCC1)C(N)=O.Cl. The second-order valence-corrected chi connectivity index (χ2v) is 5.43. The van der Waals surface area contributed by atoms with E-state index in [1.54, 1.807) is 0 Å². The fourth-order valence-corrected chi connectivity index (χ4v) is 2.67. The van der Waals surface area contributed by atoms with Crippen molar-refractivity contribution in [1.82, 2.24) is 10.6 Å². The standard InChI is InChI=1S/C14H27N3O2.ClH/c1-3-14(4-2,13(15)19)17-12(18)6-5-11-7-9-16-10-8-11;/h11,16H,3-10H2,1-2H3,(H2,15,19)(H,17,18);1H. The molecule has 118 valence electrons. The maximum Gasteiger partial charge on any atom is 0.243 e. The first-order chi connectivity index (χ1) is 9.04. The minimum absolute atomic E-state index is 0. The van der Waals surface area contributed by atoms with Gasteiger partial charge < -0.3 is 16.4 Å². The summed E-state index contributed by atoms with van der Waals surface area (Å²) in [5.41, 5.74) is 4.55. The quantitative estimate of drug-likeness (QED) is 0.664. The highest BCUT2D eigenvalue weighted by atomic mass is 35.5. The Labute approximate surface area is 127 Å². The van der Waals surface area contributed by atoms with E-state index >= 15 is 0 Å². The van der Waals surface area contributed by atoms with Crippen LogP contribution in [0.5, 0.6) is 0 Å². The van der Waals surface area contributed by atoms with Gasteiger partial charge in [0.25, 0.3) is 0 Å². The normalized spacial score (nSPS) is 16.3. The van der Waals surface area contributed by atoms with Crippen molar-refractivity contribution in [3.63, 3.8) is 0 Å². The van der Waals surface area contributed by atoms with E-state index in [2.05, 4.69) is 10.6 Å². The highest BCUT2D eigenvalue weighted by molar-refractivity contribution is 5.90. The lowest BCUT2D eigenvalue weighted by molar-refractivity contribution is -0.132. The van der Waals surface area contributed by atoms with Crippen LogP contribution in [0.1, 0.15) is 52.4 Å². The molecule has 4 N–H and O–H groups in total. The molecule has 0 unspecified atom stereocenters. The highest BCUT2D eigenvalue weighted by Crippen LogP contribution is 2.19. The van der Waals surface area contributed by atoms with Gasteiger partial charge in [0.05, 0.1) is 0 Å². The predicted molar refractivity (Wildman–Crippen MR) is 82.7 cm³/mol. The third kappa shape index (κ3) is 5.29. The molecule has 0 aliphatic carbocycles. The van der Waals surface area contributed by atoms with Crippen molar-refractivity contribution in [2.24, 2.45) is 11.7 Å². The molecule has 1 heterocycles. The first kappa shape index (κ1) is 19.2. The average Bonchev–Trinajstić information content (AvgIpc) is 2.43. The topological polar surface area (TPSA) is 84.2 Å². The zero-order valence-electron chi connectivity index (χ0n) is 12.5. The molecule has 1 aliphatic heterocycles. The molecular formula is C14H28ClN3O2. The van der Waals surface area contributed by atoms with E-state index in [1.807, 2.05) is 13.8 Å². The van der Waals surface area contributed by atoms with Crippen LogP contribution in [0.3, 0.4) is 0 Å². The first-order valence-corrected chi connectivity index (χ1v) is 7.35. The summed E-state index contributed by atoms with van der Waals surface area (Å²) in [5, 5.41) is 6.15. The van der Waals surface area contributed by atoms with Crippen LogP contribution in [0.2, 0.25) is 0 Å². The fourth-order valence-electron chi connectivity index (χ4n) is 2.67. The van der Waals surface area contributed by atoms with E-state index in [0.29, 0.717) is 25.2 Å². The number of amides is 2. The molecule has 0 aromatic heterocycles. The molecule has 6 heteroatoms. The summed E-state index contributed by atoms with van der Waals surface area (Å²) in [6.45, 7) is 5.84. The van der Waals surface area contributed by atoms with Crippen molar-refractivity contribution >= 4 is 24.2 Å². The molecule has 0 aromatic rings. The molecule has 0 bridgehead atoms. The molecule has 1 fully saturated rings. The number of nitrogens with one attached hydrogen (secondary N) is 2. The van der Waals surface area contributed by atoms with Crippen LogP contribution in [0.4, 0.5) is 0 Å². The summed E-state index contributed by atoms with van der Waals surface area (Å²) in [6.07, 6.45) is 4.73. The van der Waals surface area contributed by atoms with Crippen molar-refractivity contribution in [3.8, 4) is 0 Å². The number of halogens is 1. The van der Waals surface area contributed by atoms with Gasteiger partial charge in [0, 0.05) is 6.42 Å². The third-order valence-electron chi connectivity index (χ3n) is 4.30. The van der Waals surface area contributed by atoms with Crippen LogP contribution < -0.4 is 16.4 Å². The fraction of sp³-hybridized carbons (Fsp3) is 0.857. The Morgan fingerprint density at radius 1 is 1.25 bits per heavy atom. The summed E-state index contributed by atoms with van der Waals surface area (Å²) in [7, 11) is 0. The number of piperidine rings is 1. The molecule has 1 aliphatic rings. The summed E-state index contributed by atoms with van der Waals surface area (Å²) in [6, 6.07) is 0. The Balaban J connectivity index is 0.00000361. The van der Waals surface area contributed by atoms with Gasteiger partial charge in [-0.1, -0.05) is 13.8 Å². The lowest BCUT2D eigenvalue weighted by atomic mass is 9.90. The molecule has 2 amide bonds. The van der Waals surface area contributed by atoms with Gasteiger partial charge in [0.1, 0.15) is 5.54 Å². The summed E-state index contributed by atoms with van der Waals surface area (Å²) in [4.78, 5) is 23.5. The van der Waals surface area contributed by atoms with E-state index in [0.717, 1.165) is 32.4 Å². The van der Waals surface area contributed by atoms with Gasteiger partial charge in [-0.05, 0) is 51.1 Å². The first-order valence-electron chi connectivity index (χ1n) is 7.35. The zero-order chi connectivity index (χ0) is 14.3. The Bertz CT molecular complexity index is 314. The number of carbonyl (C=O) groups excluding carboxylic acids is 2. The Morgan fingerprint density at radius 2 is 1.80 bits per heavy atom. The molecule has 5 nitrogen and oxygen atoms in total. The molecule has 0 aromatic carbocycles. The zero-order valence-corrected chi connectivity index (χ0v) is 13.4. The molecule has 1 saturated heterocycles. The molecule has 0 atom stereocenters. The maximum absolute atomic E-state index is 12.0. The molecule has 0 radical (unpaired) electrons. The smallest absolute Gasteiger partial charge is 0.243 e. The van der Waals surface area contributed by atoms with E-state index in [1.165, 1.54) is 0 Å². The van der Waals surface area contributed by atoms with E-state index < -0.39 is 11.4 Å². The molecular weight excluding hydrogens is 278 g/mol. The summed E-state index contributed by atoms with van der Waals surface area (Å²) >= 11 is 0. The second-order valence-electron chi connectivity index (χ2n) is 5.43. The van der Waals surface area contributed by atoms with Crippen molar-refractivity contribution in [3.05, 3.63) is 0 Å². The lowest BCUT2D eigenvalue weighted by Gasteiger charge is -2.30. The Hall–Kier alpha value is -0.810. The number of primary amides is 1. The number of rotatable bonds is 7. The van der Waals surface area contributed by atoms with Crippen LogP contribution >= 0.6 is 12.4 Å². The predicted octanol–water partition coefficient (Wildman–Crippen LogP) is 1.35. The van der Waals surface area contributed by atoms with E-state index in [4.69, 9.17) is 5.73 Å². The van der Waals surface area contributed by atoms with Crippen molar-refractivity contribution in [2.45, 2.75) is 57.9 Å². The molecule has 0 spiro atoms. The van der Waals surface area contributed by atoms with Gasteiger partial charge in [0.2, 0.25) is 11.8 Å². The average molecular weight is 306 g/mol. The van der Waals surface area contributed by atoms with Gasteiger partial charge in [-0.3, -0.25) is 9.59 Å². The number of carbonyl (C=O) groups is 2. The van der Waals surface area contributed by atoms with Gasteiger partial charge in [0.15, 0.2) is 0 Å². The minimum atomic E-state index is -0.870. The minimum Gasteiger partial charge on any atom is -0.368 e. The summed E-state index contributed by atoms with van der Waals surface area (Å²) < 4.78 is 0. The highest BCUT2D eigenvalue weighted by Gasteiger charge is 2.34. The maximum atomic E-state index is 12.0.